The number of rotatable bonds is 6. The summed E-state index contributed by atoms with van der Waals surface area (Å²) in [4.78, 5) is 12.0. The van der Waals surface area contributed by atoms with Crippen LogP contribution in [0.5, 0.6) is 11.5 Å². The molecule has 0 spiro atoms. The molecule has 8 heteroatoms. The summed E-state index contributed by atoms with van der Waals surface area (Å²) < 4.78 is 10.4. The number of ether oxygens (including phenoxy) is 2. The van der Waals surface area contributed by atoms with Gasteiger partial charge in [0, 0.05) is 17.8 Å². The molecule has 0 fully saturated rings. The van der Waals surface area contributed by atoms with Gasteiger partial charge >= 0.3 is 6.03 Å². The first-order valence-corrected chi connectivity index (χ1v) is 8.10. The third-order valence-electron chi connectivity index (χ3n) is 3.43. The fraction of sp³-hybridized carbons (Fsp3) is 0.235. The van der Waals surface area contributed by atoms with E-state index in [1.54, 1.807) is 30.3 Å². The number of amides is 2. The Bertz CT molecular complexity index is 755. The Kier molecular flexibility index (Phi) is 6.75. The Labute approximate surface area is 155 Å². The number of methoxy groups -OCH3 is 2. The maximum atomic E-state index is 12.0. The molecule has 3 N–H and O–H groups in total. The highest BCUT2D eigenvalue weighted by Crippen LogP contribution is 2.29. The van der Waals surface area contributed by atoms with Gasteiger partial charge in [0.2, 0.25) is 0 Å². The minimum absolute atomic E-state index is 0.0172. The number of hydrogen-bond acceptors (Lipinski definition) is 4. The SMILES string of the molecule is COc1ccc(OC)c(C(O)CNC(=O)Nc2ccc(Cl)c(Cl)c2)c1. The van der Waals surface area contributed by atoms with Gasteiger partial charge in [-0.25, -0.2) is 4.79 Å². The number of benzene rings is 2. The molecule has 2 rings (SSSR count). The molecular weight excluding hydrogens is 367 g/mol. The first kappa shape index (κ1) is 19.2. The molecule has 0 heterocycles. The van der Waals surface area contributed by atoms with Crippen molar-refractivity contribution < 1.29 is 19.4 Å². The standard InChI is InChI=1S/C17H18Cl2N2O4/c1-24-11-4-6-16(25-2)12(8-11)15(22)9-20-17(23)21-10-3-5-13(18)14(19)7-10/h3-8,15,22H,9H2,1-2H3,(H2,20,21,23). The number of aliphatic hydroxyl groups is 1. The van der Waals surface area contributed by atoms with E-state index in [9.17, 15) is 9.90 Å². The van der Waals surface area contributed by atoms with Crippen LogP contribution < -0.4 is 20.1 Å². The number of hydrogen-bond donors (Lipinski definition) is 3. The second-order valence-electron chi connectivity index (χ2n) is 5.09. The molecule has 0 aliphatic heterocycles. The van der Waals surface area contributed by atoms with Crippen molar-refractivity contribution in [1.82, 2.24) is 5.32 Å². The van der Waals surface area contributed by atoms with E-state index >= 15 is 0 Å². The quantitative estimate of drug-likeness (QED) is 0.706. The third-order valence-corrected chi connectivity index (χ3v) is 4.17. The van der Waals surface area contributed by atoms with E-state index in [2.05, 4.69) is 10.6 Å². The molecule has 0 aliphatic carbocycles. The molecule has 0 radical (unpaired) electrons. The zero-order chi connectivity index (χ0) is 18.4. The first-order chi connectivity index (χ1) is 11.9. The fourth-order valence-corrected chi connectivity index (χ4v) is 2.45. The lowest BCUT2D eigenvalue weighted by Crippen LogP contribution is -2.32. The van der Waals surface area contributed by atoms with Crippen LogP contribution in [0, 0.1) is 0 Å². The highest BCUT2D eigenvalue weighted by atomic mass is 35.5. The van der Waals surface area contributed by atoms with Gasteiger partial charge in [-0.3, -0.25) is 0 Å². The molecule has 25 heavy (non-hydrogen) atoms. The molecule has 2 amide bonds. The smallest absolute Gasteiger partial charge is 0.319 e. The highest BCUT2D eigenvalue weighted by molar-refractivity contribution is 6.42. The number of anilines is 1. The van der Waals surface area contributed by atoms with Gasteiger partial charge < -0.3 is 25.2 Å². The molecule has 0 aromatic heterocycles. The maximum Gasteiger partial charge on any atom is 0.319 e. The van der Waals surface area contributed by atoms with Gasteiger partial charge in [0.1, 0.15) is 17.6 Å². The fourth-order valence-electron chi connectivity index (χ4n) is 2.15. The lowest BCUT2D eigenvalue weighted by atomic mass is 10.1. The Hall–Kier alpha value is -2.15. The number of carbonyl (C=O) groups is 1. The molecular formula is C17H18Cl2N2O4. The Morgan fingerprint density at radius 2 is 1.88 bits per heavy atom. The predicted molar refractivity (Wildman–Crippen MR) is 98.0 cm³/mol. The summed E-state index contributed by atoms with van der Waals surface area (Å²) >= 11 is 11.7. The van der Waals surface area contributed by atoms with Crippen molar-refractivity contribution in [3.05, 3.63) is 52.0 Å². The Morgan fingerprint density at radius 3 is 2.52 bits per heavy atom. The average molecular weight is 385 g/mol. The molecule has 1 atom stereocenters. The summed E-state index contributed by atoms with van der Waals surface area (Å²) in [5, 5.41) is 16.2. The predicted octanol–water partition coefficient (Wildman–Crippen LogP) is 3.87. The van der Waals surface area contributed by atoms with E-state index in [0.29, 0.717) is 32.8 Å². The van der Waals surface area contributed by atoms with Gasteiger partial charge in [-0.2, -0.15) is 0 Å². The molecule has 134 valence electrons. The van der Waals surface area contributed by atoms with Crippen LogP contribution in [0.4, 0.5) is 10.5 Å². The van der Waals surface area contributed by atoms with Gasteiger partial charge in [0.05, 0.1) is 24.3 Å². The van der Waals surface area contributed by atoms with Crippen LogP contribution in [0.15, 0.2) is 36.4 Å². The lowest BCUT2D eigenvalue weighted by Gasteiger charge is -2.17. The van der Waals surface area contributed by atoms with E-state index in [1.165, 1.54) is 20.3 Å². The number of urea groups is 1. The van der Waals surface area contributed by atoms with Crippen molar-refractivity contribution in [2.75, 3.05) is 26.1 Å². The van der Waals surface area contributed by atoms with Crippen LogP contribution in [-0.2, 0) is 0 Å². The summed E-state index contributed by atoms with van der Waals surface area (Å²) in [6.07, 6.45) is -0.968. The molecule has 0 aliphatic rings. The van der Waals surface area contributed by atoms with Crippen molar-refractivity contribution in [3.63, 3.8) is 0 Å². The monoisotopic (exact) mass is 384 g/mol. The molecule has 0 saturated heterocycles. The number of halogens is 2. The van der Waals surface area contributed by atoms with Gasteiger partial charge in [-0.15, -0.1) is 0 Å². The maximum absolute atomic E-state index is 12.0. The van der Waals surface area contributed by atoms with Gasteiger partial charge in [-0.05, 0) is 36.4 Å². The molecule has 0 saturated carbocycles. The molecule has 2 aromatic rings. The van der Waals surface area contributed by atoms with Crippen molar-refractivity contribution in [2.45, 2.75) is 6.10 Å². The molecule has 2 aromatic carbocycles. The normalized spacial score (nSPS) is 11.6. The van der Waals surface area contributed by atoms with Crippen molar-refractivity contribution in [3.8, 4) is 11.5 Å². The average Bonchev–Trinajstić information content (AvgIpc) is 2.62. The second kappa shape index (κ2) is 8.80. The highest BCUT2D eigenvalue weighted by Gasteiger charge is 2.16. The summed E-state index contributed by atoms with van der Waals surface area (Å²) in [6.45, 7) is -0.0172. The van der Waals surface area contributed by atoms with Gasteiger partial charge in [0.15, 0.2) is 0 Å². The lowest BCUT2D eigenvalue weighted by molar-refractivity contribution is 0.170. The van der Waals surface area contributed by atoms with Crippen LogP contribution in [0.25, 0.3) is 0 Å². The number of carbonyl (C=O) groups excluding carboxylic acids is 1. The summed E-state index contributed by atoms with van der Waals surface area (Å²) in [5.74, 6) is 1.08. The minimum Gasteiger partial charge on any atom is -0.497 e. The van der Waals surface area contributed by atoms with Crippen molar-refractivity contribution in [2.24, 2.45) is 0 Å². The molecule has 6 nitrogen and oxygen atoms in total. The summed E-state index contributed by atoms with van der Waals surface area (Å²) in [5.41, 5.74) is 0.997. The first-order valence-electron chi connectivity index (χ1n) is 7.34. The topological polar surface area (TPSA) is 79.8 Å². The van der Waals surface area contributed by atoms with E-state index in [4.69, 9.17) is 32.7 Å². The van der Waals surface area contributed by atoms with E-state index in [-0.39, 0.29) is 6.54 Å². The van der Waals surface area contributed by atoms with Gasteiger partial charge in [-0.1, -0.05) is 23.2 Å². The van der Waals surface area contributed by atoms with E-state index in [1.807, 2.05) is 0 Å². The Balaban J connectivity index is 1.98. The third kappa shape index (κ3) is 5.16. The zero-order valence-electron chi connectivity index (χ0n) is 13.7. The van der Waals surface area contributed by atoms with Crippen molar-refractivity contribution in [1.29, 1.82) is 0 Å². The second-order valence-corrected chi connectivity index (χ2v) is 5.90. The molecule has 0 bridgehead atoms. The number of aliphatic hydroxyl groups excluding tert-OH is 1. The number of nitrogens with one attached hydrogen (secondary N) is 2. The minimum atomic E-state index is -0.968. The molecule has 1 unspecified atom stereocenters. The van der Waals surface area contributed by atoms with Crippen LogP contribution in [0.1, 0.15) is 11.7 Å². The van der Waals surface area contributed by atoms with Gasteiger partial charge in [0.25, 0.3) is 0 Å². The van der Waals surface area contributed by atoms with Crippen LogP contribution in [0.3, 0.4) is 0 Å². The van der Waals surface area contributed by atoms with Crippen LogP contribution in [0.2, 0.25) is 10.0 Å². The van der Waals surface area contributed by atoms with Crippen LogP contribution >= 0.6 is 23.2 Å². The Morgan fingerprint density at radius 1 is 1.12 bits per heavy atom. The largest absolute Gasteiger partial charge is 0.497 e. The van der Waals surface area contributed by atoms with E-state index in [0.717, 1.165) is 0 Å². The van der Waals surface area contributed by atoms with E-state index < -0.39 is 12.1 Å². The zero-order valence-corrected chi connectivity index (χ0v) is 15.2. The van der Waals surface area contributed by atoms with Crippen molar-refractivity contribution >= 4 is 34.9 Å². The summed E-state index contributed by atoms with van der Waals surface area (Å²) in [6, 6.07) is 9.31. The summed E-state index contributed by atoms with van der Waals surface area (Å²) in [7, 11) is 3.03. The van der Waals surface area contributed by atoms with Crippen LogP contribution in [-0.4, -0.2) is 31.9 Å².